The summed E-state index contributed by atoms with van der Waals surface area (Å²) in [6.07, 6.45) is 8.02. The molecule has 0 bridgehead atoms. The summed E-state index contributed by atoms with van der Waals surface area (Å²) in [7, 11) is 0. The van der Waals surface area contributed by atoms with Gasteiger partial charge in [-0.25, -0.2) is 4.79 Å². The average Bonchev–Trinajstić information content (AvgIpc) is 2.92. The van der Waals surface area contributed by atoms with Crippen LogP contribution in [0.4, 0.5) is 13.2 Å². The van der Waals surface area contributed by atoms with E-state index < -0.39 is 18.4 Å². The summed E-state index contributed by atoms with van der Waals surface area (Å²) in [6, 6.07) is 10.9. The van der Waals surface area contributed by atoms with Crippen LogP contribution in [-0.2, 0) is 9.53 Å². The number of hydrogen-bond donors (Lipinski definition) is 0. The molecule has 2 unspecified atom stereocenters. The minimum Gasteiger partial charge on any atom is -0.482 e. The molecule has 0 spiro atoms. The molecule has 218 valence electrons. The summed E-state index contributed by atoms with van der Waals surface area (Å²) in [5.41, 5.74) is 2.65. The minimum atomic E-state index is -4.76. The summed E-state index contributed by atoms with van der Waals surface area (Å²) in [5.74, 6) is 0.0939. The highest BCUT2D eigenvalue weighted by Crippen LogP contribution is 2.36. The number of halogens is 3. The molecule has 5 nitrogen and oxygen atoms in total. The Morgan fingerprint density at radius 1 is 0.950 bits per heavy atom. The van der Waals surface area contributed by atoms with Crippen molar-refractivity contribution in [2.75, 3.05) is 6.61 Å². The first-order chi connectivity index (χ1) is 19.2. The van der Waals surface area contributed by atoms with Crippen LogP contribution in [-0.4, -0.2) is 31.1 Å². The number of ether oxygens (including phenoxy) is 4. The second-order valence-electron chi connectivity index (χ2n) is 9.72. The van der Waals surface area contributed by atoms with Crippen molar-refractivity contribution in [2.45, 2.75) is 90.7 Å². The third-order valence-electron chi connectivity index (χ3n) is 6.49. The molecule has 8 heteroatoms. The Bertz CT molecular complexity index is 1140. The van der Waals surface area contributed by atoms with Gasteiger partial charge in [-0.2, -0.15) is 0 Å². The maximum atomic E-state index is 12.7. The monoisotopic (exact) mass is 560 g/mol. The first-order valence-corrected chi connectivity index (χ1v) is 14.1. The lowest BCUT2D eigenvalue weighted by molar-refractivity contribution is -0.274. The molecule has 2 atom stereocenters. The molecule has 2 aromatic rings. The zero-order chi connectivity index (χ0) is 29.0. The van der Waals surface area contributed by atoms with Crippen LogP contribution in [0.3, 0.4) is 0 Å². The lowest BCUT2D eigenvalue weighted by Crippen LogP contribution is -2.30. The Hall–Kier alpha value is -3.42. The molecule has 0 radical (unpaired) electrons. The molecule has 1 aliphatic carbocycles. The fourth-order valence-corrected chi connectivity index (χ4v) is 4.39. The van der Waals surface area contributed by atoms with Gasteiger partial charge in [0.05, 0.1) is 6.61 Å². The molecular formula is C32H39F3O5. The Morgan fingerprint density at radius 3 is 2.30 bits per heavy atom. The highest BCUT2D eigenvalue weighted by atomic mass is 19.4. The maximum absolute atomic E-state index is 12.7. The van der Waals surface area contributed by atoms with Crippen LogP contribution in [0.1, 0.15) is 72.1 Å². The molecule has 0 fully saturated rings. The predicted octanol–water partition coefficient (Wildman–Crippen LogP) is 8.97. The molecule has 1 aliphatic rings. The van der Waals surface area contributed by atoms with Crippen molar-refractivity contribution in [1.29, 1.82) is 0 Å². The Labute approximate surface area is 235 Å². The number of rotatable bonds is 15. The van der Waals surface area contributed by atoms with Crippen molar-refractivity contribution < 1.29 is 36.9 Å². The number of esters is 1. The van der Waals surface area contributed by atoms with E-state index in [-0.39, 0.29) is 18.5 Å². The zero-order valence-electron chi connectivity index (χ0n) is 23.5. The van der Waals surface area contributed by atoms with Crippen molar-refractivity contribution >= 4 is 5.97 Å². The standard InChI is InChI=1S/C32H39F3O5/c1-4-7-9-10-23-12-17-26(18-13-23)38-28-21-16-25(24-14-19-27(20-15-24)40-32(33,34)35)22-30(28)39-29(11-8-5-2)31(36)37-6-3/h12-17,19-22,26,29H,4-11,18H2,1-3H3. The van der Waals surface area contributed by atoms with Gasteiger partial charge in [-0.1, -0.05) is 69.0 Å². The third-order valence-corrected chi connectivity index (χ3v) is 6.49. The Kier molecular flexibility index (Phi) is 12.0. The highest BCUT2D eigenvalue weighted by molar-refractivity contribution is 5.75. The van der Waals surface area contributed by atoms with Gasteiger partial charge in [0.2, 0.25) is 0 Å². The largest absolute Gasteiger partial charge is 0.573 e. The lowest BCUT2D eigenvalue weighted by Gasteiger charge is -2.23. The van der Waals surface area contributed by atoms with E-state index in [0.717, 1.165) is 32.1 Å². The maximum Gasteiger partial charge on any atom is 0.573 e. The van der Waals surface area contributed by atoms with E-state index in [0.29, 0.717) is 29.0 Å². The quantitative estimate of drug-likeness (QED) is 0.161. The molecule has 0 saturated heterocycles. The average molecular weight is 561 g/mol. The second kappa shape index (κ2) is 15.4. The fraction of sp³-hybridized carbons (Fsp3) is 0.469. The van der Waals surface area contributed by atoms with Crippen LogP contribution >= 0.6 is 0 Å². The van der Waals surface area contributed by atoms with Crippen LogP contribution in [0.5, 0.6) is 17.2 Å². The fourth-order valence-electron chi connectivity index (χ4n) is 4.39. The topological polar surface area (TPSA) is 54.0 Å². The second-order valence-corrected chi connectivity index (χ2v) is 9.72. The van der Waals surface area contributed by atoms with Crippen LogP contribution in [0, 0.1) is 0 Å². The molecular weight excluding hydrogens is 521 g/mol. The molecule has 0 amide bonds. The van der Waals surface area contributed by atoms with Gasteiger partial charge < -0.3 is 18.9 Å². The van der Waals surface area contributed by atoms with Gasteiger partial charge in [0, 0.05) is 6.42 Å². The number of carbonyl (C=O) groups excluding carboxylic acids is 1. The number of allylic oxidation sites excluding steroid dienone is 2. The summed E-state index contributed by atoms with van der Waals surface area (Å²) in [5, 5.41) is 0. The van der Waals surface area contributed by atoms with E-state index in [1.807, 2.05) is 19.1 Å². The number of hydrogen-bond acceptors (Lipinski definition) is 5. The molecule has 0 aliphatic heterocycles. The first kappa shape index (κ1) is 31.1. The molecule has 0 N–H and O–H groups in total. The summed E-state index contributed by atoms with van der Waals surface area (Å²) in [4.78, 5) is 12.7. The highest BCUT2D eigenvalue weighted by Gasteiger charge is 2.31. The van der Waals surface area contributed by atoms with Crippen LogP contribution < -0.4 is 14.2 Å². The van der Waals surface area contributed by atoms with Crippen LogP contribution in [0.15, 0.2) is 66.3 Å². The third kappa shape index (κ3) is 9.96. The lowest BCUT2D eigenvalue weighted by atomic mass is 10.00. The normalized spacial score (nSPS) is 15.8. The van der Waals surface area contributed by atoms with Crippen molar-refractivity contribution in [1.82, 2.24) is 0 Å². The van der Waals surface area contributed by atoms with E-state index in [4.69, 9.17) is 14.2 Å². The van der Waals surface area contributed by atoms with E-state index in [9.17, 15) is 18.0 Å². The SMILES string of the molecule is CCCCCC1=CCC(Oc2ccc(-c3ccc(OC(F)(F)F)cc3)cc2OC(CCCC)C(=O)OCC)C=C1. The van der Waals surface area contributed by atoms with Gasteiger partial charge in [-0.05, 0) is 74.1 Å². The Morgan fingerprint density at radius 2 is 1.68 bits per heavy atom. The Balaban J connectivity index is 1.85. The van der Waals surface area contributed by atoms with Crippen LogP contribution in [0.25, 0.3) is 11.1 Å². The van der Waals surface area contributed by atoms with E-state index in [1.54, 1.807) is 19.1 Å². The number of carbonyl (C=O) groups is 1. The van der Waals surface area contributed by atoms with E-state index in [1.165, 1.54) is 42.7 Å². The van der Waals surface area contributed by atoms with Gasteiger partial charge in [-0.3, -0.25) is 0 Å². The van der Waals surface area contributed by atoms with Gasteiger partial charge in [0.25, 0.3) is 0 Å². The van der Waals surface area contributed by atoms with Crippen molar-refractivity contribution in [2.24, 2.45) is 0 Å². The zero-order valence-corrected chi connectivity index (χ0v) is 23.5. The molecule has 40 heavy (non-hydrogen) atoms. The molecule has 0 heterocycles. The summed E-state index contributed by atoms with van der Waals surface area (Å²) < 4.78 is 59.5. The molecule has 3 rings (SSSR count). The van der Waals surface area contributed by atoms with Gasteiger partial charge in [-0.15, -0.1) is 13.2 Å². The number of benzene rings is 2. The van der Waals surface area contributed by atoms with Crippen molar-refractivity contribution in [3.05, 3.63) is 66.3 Å². The minimum absolute atomic E-state index is 0.196. The smallest absolute Gasteiger partial charge is 0.482 e. The summed E-state index contributed by atoms with van der Waals surface area (Å²) in [6.45, 7) is 6.20. The van der Waals surface area contributed by atoms with E-state index in [2.05, 4.69) is 23.8 Å². The van der Waals surface area contributed by atoms with Crippen LogP contribution in [0.2, 0.25) is 0 Å². The van der Waals surface area contributed by atoms with E-state index >= 15 is 0 Å². The van der Waals surface area contributed by atoms with Crippen molar-refractivity contribution in [3.63, 3.8) is 0 Å². The number of alkyl halides is 3. The number of unbranched alkanes of at least 4 members (excludes halogenated alkanes) is 3. The van der Waals surface area contributed by atoms with Gasteiger partial charge >= 0.3 is 12.3 Å². The molecule has 0 saturated carbocycles. The summed E-state index contributed by atoms with van der Waals surface area (Å²) >= 11 is 0. The van der Waals surface area contributed by atoms with Gasteiger partial charge in [0.1, 0.15) is 11.9 Å². The molecule has 2 aromatic carbocycles. The predicted molar refractivity (Wildman–Crippen MR) is 150 cm³/mol. The van der Waals surface area contributed by atoms with Crippen molar-refractivity contribution in [3.8, 4) is 28.4 Å². The first-order valence-electron chi connectivity index (χ1n) is 14.1. The molecule has 0 aromatic heterocycles. The van der Waals surface area contributed by atoms with Gasteiger partial charge in [0.15, 0.2) is 17.6 Å².